The van der Waals surface area contributed by atoms with Gasteiger partial charge in [0.2, 0.25) is 0 Å². The summed E-state index contributed by atoms with van der Waals surface area (Å²) in [5, 5.41) is 13.2. The molecule has 50 heavy (non-hydrogen) atoms. The molecule has 3 aromatic carbocycles. The second-order valence-electron chi connectivity index (χ2n) is 12.2. The Morgan fingerprint density at radius 1 is 1.00 bits per heavy atom. The Bertz CT molecular complexity index is 2400. The van der Waals surface area contributed by atoms with Crippen molar-refractivity contribution >= 4 is 66.6 Å². The monoisotopic (exact) mass is 720 g/mol. The molecule has 7 rings (SSSR count). The third-order valence-corrected chi connectivity index (χ3v) is 10.8. The molecule has 6 aromatic rings. The minimum atomic E-state index is -4.36. The molecule has 0 amide bonds. The van der Waals surface area contributed by atoms with Crippen LogP contribution in [0, 0.1) is 18.6 Å². The summed E-state index contributed by atoms with van der Waals surface area (Å²) in [6.07, 6.45) is 4.14. The average Bonchev–Trinajstić information content (AvgIpc) is 3.53. The van der Waals surface area contributed by atoms with E-state index in [2.05, 4.69) is 29.9 Å². The Morgan fingerprint density at radius 3 is 2.54 bits per heavy atom. The number of aromatic nitrogens is 5. The normalized spacial score (nSPS) is 14.7. The van der Waals surface area contributed by atoms with E-state index in [-0.39, 0.29) is 32.6 Å². The van der Waals surface area contributed by atoms with Crippen molar-refractivity contribution in [1.82, 2.24) is 24.5 Å². The van der Waals surface area contributed by atoms with Crippen LogP contribution in [0.1, 0.15) is 25.3 Å². The number of benzene rings is 3. The lowest BCUT2D eigenvalue weighted by Crippen LogP contribution is -2.42. The number of para-hydroxylation sites is 1. The zero-order valence-corrected chi connectivity index (χ0v) is 28.6. The Kier molecular flexibility index (Phi) is 8.44. The smallest absolute Gasteiger partial charge is 0.262 e. The second kappa shape index (κ2) is 12.6. The largest absolute Gasteiger partial charge is 0.495 e. The number of aliphatic hydroxyl groups is 1. The van der Waals surface area contributed by atoms with Crippen molar-refractivity contribution in [3.63, 3.8) is 0 Å². The fourth-order valence-corrected chi connectivity index (χ4v) is 7.61. The van der Waals surface area contributed by atoms with Gasteiger partial charge in [-0.25, -0.2) is 37.1 Å². The lowest BCUT2D eigenvalue weighted by Gasteiger charge is -2.37. The molecule has 1 saturated heterocycles. The van der Waals surface area contributed by atoms with Crippen LogP contribution in [0.4, 0.5) is 31.7 Å². The number of piperidine rings is 1. The van der Waals surface area contributed by atoms with E-state index in [1.165, 1.54) is 32.5 Å². The highest BCUT2D eigenvalue weighted by molar-refractivity contribution is 7.92. The number of sulfonamides is 1. The van der Waals surface area contributed by atoms with Crippen molar-refractivity contribution in [1.29, 1.82) is 0 Å². The van der Waals surface area contributed by atoms with Crippen LogP contribution in [-0.2, 0) is 10.0 Å². The van der Waals surface area contributed by atoms with Gasteiger partial charge >= 0.3 is 0 Å². The first-order chi connectivity index (χ1) is 23.9. The molecule has 1 aliphatic heterocycles. The van der Waals surface area contributed by atoms with Gasteiger partial charge in [0.05, 0.1) is 45.0 Å². The van der Waals surface area contributed by atoms with Crippen molar-refractivity contribution in [2.75, 3.05) is 35.1 Å². The van der Waals surface area contributed by atoms with E-state index in [0.29, 0.717) is 37.3 Å². The molecular weight excluding hydrogens is 690 g/mol. The van der Waals surface area contributed by atoms with Gasteiger partial charge in [-0.3, -0.25) is 9.29 Å². The fraction of sp³-hybridized carbons (Fsp3) is 0.235. The number of pyridine rings is 1. The van der Waals surface area contributed by atoms with Gasteiger partial charge in [-0.1, -0.05) is 17.7 Å². The van der Waals surface area contributed by atoms with Crippen LogP contribution >= 0.6 is 11.6 Å². The first-order valence-electron chi connectivity index (χ1n) is 15.5. The summed E-state index contributed by atoms with van der Waals surface area (Å²) >= 11 is 6.26. The van der Waals surface area contributed by atoms with Crippen molar-refractivity contribution in [2.45, 2.75) is 37.2 Å². The Morgan fingerprint density at radius 2 is 1.78 bits per heavy atom. The van der Waals surface area contributed by atoms with Gasteiger partial charge in [0.25, 0.3) is 10.0 Å². The molecule has 0 aliphatic carbocycles. The molecule has 0 atom stereocenters. The summed E-state index contributed by atoms with van der Waals surface area (Å²) in [7, 11) is -2.96. The summed E-state index contributed by atoms with van der Waals surface area (Å²) < 4.78 is 66.8. The first kappa shape index (κ1) is 33.4. The van der Waals surface area contributed by atoms with Gasteiger partial charge in [-0.05, 0) is 80.8 Å². The molecule has 1 fully saturated rings. The molecular formula is C34H31ClF2N8O4S. The van der Waals surface area contributed by atoms with Crippen LogP contribution in [0.2, 0.25) is 5.02 Å². The van der Waals surface area contributed by atoms with Crippen LogP contribution in [0.5, 0.6) is 5.75 Å². The quantitative estimate of drug-likeness (QED) is 0.159. The number of anilines is 4. The van der Waals surface area contributed by atoms with Crippen molar-refractivity contribution in [3.05, 3.63) is 89.5 Å². The minimum absolute atomic E-state index is 0.0158. The van der Waals surface area contributed by atoms with Gasteiger partial charge in [-0.2, -0.15) is 0 Å². The van der Waals surface area contributed by atoms with Crippen LogP contribution in [0.15, 0.2) is 72.1 Å². The van der Waals surface area contributed by atoms with Crippen LogP contribution in [0.3, 0.4) is 0 Å². The predicted molar refractivity (Wildman–Crippen MR) is 187 cm³/mol. The molecule has 0 radical (unpaired) electrons. The number of fused-ring (bicyclic) bond motifs is 2. The Balaban J connectivity index is 1.22. The number of nitrogens with zero attached hydrogens (tertiary/aromatic N) is 6. The third-order valence-electron chi connectivity index (χ3n) is 8.84. The van der Waals surface area contributed by atoms with Crippen molar-refractivity contribution < 1.29 is 27.0 Å². The number of nitrogens with one attached hydrogen (secondary N) is 2. The summed E-state index contributed by atoms with van der Waals surface area (Å²) in [5.41, 5.74) is 1.41. The molecule has 1 aliphatic rings. The van der Waals surface area contributed by atoms with Gasteiger partial charge in [-0.15, -0.1) is 0 Å². The maximum Gasteiger partial charge on any atom is 0.262 e. The van der Waals surface area contributed by atoms with E-state index in [4.69, 9.17) is 21.3 Å². The van der Waals surface area contributed by atoms with Gasteiger partial charge in [0, 0.05) is 13.1 Å². The van der Waals surface area contributed by atoms with Crippen LogP contribution in [0.25, 0.3) is 27.9 Å². The molecule has 0 unspecified atom stereocenters. The highest BCUT2D eigenvalue weighted by atomic mass is 35.5. The lowest BCUT2D eigenvalue weighted by molar-refractivity contribution is 0.0352. The highest BCUT2D eigenvalue weighted by Crippen LogP contribution is 2.36. The van der Waals surface area contributed by atoms with Gasteiger partial charge in [0.1, 0.15) is 46.8 Å². The highest BCUT2D eigenvalue weighted by Gasteiger charge is 2.29. The van der Waals surface area contributed by atoms with Crippen molar-refractivity contribution in [2.24, 2.45) is 0 Å². The number of ether oxygens (including phenoxy) is 1. The zero-order chi connectivity index (χ0) is 35.4. The summed E-state index contributed by atoms with van der Waals surface area (Å²) in [6.45, 7) is 4.71. The minimum Gasteiger partial charge on any atom is -0.495 e. The van der Waals surface area contributed by atoms with Gasteiger partial charge in [0.15, 0.2) is 11.6 Å². The molecule has 258 valence electrons. The van der Waals surface area contributed by atoms with E-state index >= 15 is 8.78 Å². The average molecular weight is 721 g/mol. The van der Waals surface area contributed by atoms with E-state index in [0.717, 1.165) is 28.9 Å². The molecule has 16 heteroatoms. The molecule has 12 nitrogen and oxygen atoms in total. The number of rotatable bonds is 8. The zero-order valence-electron chi connectivity index (χ0n) is 27.1. The number of hydrogen-bond acceptors (Lipinski definition) is 10. The number of imidazole rings is 1. The van der Waals surface area contributed by atoms with Crippen LogP contribution in [-0.4, -0.2) is 63.8 Å². The van der Waals surface area contributed by atoms with E-state index in [9.17, 15) is 13.5 Å². The Labute approximate surface area is 290 Å². The third kappa shape index (κ3) is 6.01. The van der Waals surface area contributed by atoms with E-state index < -0.39 is 38.6 Å². The fourth-order valence-electron chi connectivity index (χ4n) is 6.00. The predicted octanol–water partition coefficient (Wildman–Crippen LogP) is 6.51. The molecule has 0 spiro atoms. The summed E-state index contributed by atoms with van der Waals surface area (Å²) in [5.74, 6) is -1.49. The number of hydrogen-bond donors (Lipinski definition) is 3. The van der Waals surface area contributed by atoms with E-state index in [1.54, 1.807) is 23.0 Å². The summed E-state index contributed by atoms with van der Waals surface area (Å²) in [6, 6.07) is 13.9. The van der Waals surface area contributed by atoms with Crippen LogP contribution < -0.4 is 19.7 Å². The molecule has 0 saturated carbocycles. The number of methoxy groups -OCH3 is 1. The van der Waals surface area contributed by atoms with Gasteiger partial charge < -0.3 is 20.1 Å². The molecule has 3 N–H and O–H groups in total. The lowest BCUT2D eigenvalue weighted by atomic mass is 9.93. The topological polar surface area (TPSA) is 147 Å². The summed E-state index contributed by atoms with van der Waals surface area (Å²) in [4.78, 5) is 19.9. The maximum atomic E-state index is 15.9. The Hall–Kier alpha value is -5.12. The first-order valence-corrected chi connectivity index (χ1v) is 17.4. The van der Waals surface area contributed by atoms with E-state index in [1.807, 2.05) is 25.1 Å². The SMILES string of the molecule is COc1ccc(S(=O)(=O)Nc2ccc(F)c(Nc3ncnc4ccc(-n5cnc6c(N7CCC(C)(O)CC7)cccc65)nc34)c2F)c(C)c1Cl. The molecule has 0 bridgehead atoms. The molecule has 4 heterocycles. The maximum absolute atomic E-state index is 15.9. The number of halogens is 3. The second-order valence-corrected chi connectivity index (χ2v) is 14.3. The molecule has 3 aromatic heterocycles. The van der Waals surface area contributed by atoms with Crippen molar-refractivity contribution in [3.8, 4) is 11.6 Å². The standard InChI is InChI=1S/C34H31ClF2N8O4S/c1-19-26(11-10-25(49-3)28(19)35)50(47,48)43-21-8-7-20(36)30(29(21)37)42-33-31-22(38-17-39-33)9-12-27(41-31)45-18-40-32-23(5-4-6-24(32)45)44-15-13-34(2,46)14-16-44/h4-12,17-18,43,46H,13-16H2,1-3H3,(H,38,39,42).